The molecule has 2 N–H and O–H groups in total. The van der Waals surface area contributed by atoms with E-state index in [0.717, 1.165) is 12.1 Å². The molecule has 0 amide bonds. The zero-order chi connectivity index (χ0) is 11.8. The molecule has 0 radical (unpaired) electrons. The highest BCUT2D eigenvalue weighted by molar-refractivity contribution is 5.37. The van der Waals surface area contributed by atoms with Gasteiger partial charge in [0.05, 0.1) is 17.9 Å². The van der Waals surface area contributed by atoms with Crippen LogP contribution in [-0.4, -0.2) is 9.78 Å². The van der Waals surface area contributed by atoms with Crippen LogP contribution < -0.4 is 5.73 Å². The first kappa shape index (κ1) is 10.4. The van der Waals surface area contributed by atoms with Gasteiger partial charge < -0.3 is 5.73 Å². The van der Waals surface area contributed by atoms with E-state index in [4.69, 9.17) is 5.73 Å². The minimum absolute atomic E-state index is 0.357. The van der Waals surface area contributed by atoms with Gasteiger partial charge in [-0.05, 0) is 37.3 Å². The van der Waals surface area contributed by atoms with Crippen molar-refractivity contribution in [2.24, 2.45) is 0 Å². The summed E-state index contributed by atoms with van der Waals surface area (Å²) in [5, 5.41) is 4.36. The molecule has 2 aromatic rings. The van der Waals surface area contributed by atoms with Crippen molar-refractivity contribution in [3.05, 3.63) is 47.3 Å². The van der Waals surface area contributed by atoms with Gasteiger partial charge in [-0.2, -0.15) is 5.10 Å². The SMILES string of the molecule is Cc1ccc2c(c1)C(n1cc(N)cn1)CCC2. The van der Waals surface area contributed by atoms with Gasteiger partial charge in [0, 0.05) is 6.20 Å². The highest BCUT2D eigenvalue weighted by atomic mass is 15.3. The van der Waals surface area contributed by atoms with E-state index in [2.05, 4.69) is 30.2 Å². The second-order valence-corrected chi connectivity index (χ2v) is 4.86. The van der Waals surface area contributed by atoms with Crippen molar-refractivity contribution in [3.63, 3.8) is 0 Å². The average Bonchev–Trinajstić information content (AvgIpc) is 2.75. The third-order valence-electron chi connectivity index (χ3n) is 3.52. The highest BCUT2D eigenvalue weighted by Crippen LogP contribution is 2.33. The lowest BCUT2D eigenvalue weighted by atomic mass is 9.87. The molecule has 1 aliphatic rings. The lowest BCUT2D eigenvalue weighted by Crippen LogP contribution is -2.17. The maximum Gasteiger partial charge on any atom is 0.0772 e. The Morgan fingerprint density at radius 2 is 2.29 bits per heavy atom. The summed E-state index contributed by atoms with van der Waals surface area (Å²) in [6.45, 7) is 2.14. The lowest BCUT2D eigenvalue weighted by molar-refractivity contribution is 0.451. The molecule has 1 unspecified atom stereocenters. The Labute approximate surface area is 101 Å². The van der Waals surface area contributed by atoms with Crippen molar-refractivity contribution in [1.29, 1.82) is 0 Å². The van der Waals surface area contributed by atoms with E-state index in [1.54, 1.807) is 6.20 Å². The van der Waals surface area contributed by atoms with Crippen LogP contribution in [0.5, 0.6) is 0 Å². The van der Waals surface area contributed by atoms with Crippen LogP contribution in [0, 0.1) is 6.92 Å². The number of hydrogen-bond acceptors (Lipinski definition) is 2. The Kier molecular flexibility index (Phi) is 2.39. The molecule has 17 heavy (non-hydrogen) atoms. The van der Waals surface area contributed by atoms with Gasteiger partial charge in [-0.3, -0.25) is 4.68 Å². The Morgan fingerprint density at radius 3 is 3.06 bits per heavy atom. The van der Waals surface area contributed by atoms with Crippen LogP contribution in [0.1, 0.15) is 35.6 Å². The number of nitrogens with zero attached hydrogens (tertiary/aromatic N) is 2. The second kappa shape index (κ2) is 3.91. The van der Waals surface area contributed by atoms with Crippen molar-refractivity contribution in [1.82, 2.24) is 9.78 Å². The summed E-state index contributed by atoms with van der Waals surface area (Å²) >= 11 is 0. The van der Waals surface area contributed by atoms with Crippen molar-refractivity contribution < 1.29 is 0 Å². The molecule has 0 aliphatic heterocycles. The predicted octanol–water partition coefficient (Wildman–Crippen LogP) is 2.70. The van der Waals surface area contributed by atoms with Crippen LogP contribution in [0.2, 0.25) is 0 Å². The summed E-state index contributed by atoms with van der Waals surface area (Å²) in [6.07, 6.45) is 7.22. The molecule has 0 bridgehead atoms. The van der Waals surface area contributed by atoms with Gasteiger partial charge in [0.2, 0.25) is 0 Å². The zero-order valence-corrected chi connectivity index (χ0v) is 10.1. The molecule has 1 aromatic carbocycles. The lowest BCUT2D eigenvalue weighted by Gasteiger charge is -2.26. The fraction of sp³-hybridized carbons (Fsp3) is 0.357. The van der Waals surface area contributed by atoms with Gasteiger partial charge >= 0.3 is 0 Å². The molecule has 1 aromatic heterocycles. The van der Waals surface area contributed by atoms with Crippen LogP contribution in [0.25, 0.3) is 0 Å². The third kappa shape index (κ3) is 1.82. The van der Waals surface area contributed by atoms with Crippen LogP contribution in [0.15, 0.2) is 30.6 Å². The number of nitrogen functional groups attached to an aromatic ring is 1. The van der Waals surface area contributed by atoms with Gasteiger partial charge in [0.1, 0.15) is 0 Å². The van der Waals surface area contributed by atoms with Crippen LogP contribution in [0.4, 0.5) is 5.69 Å². The molecule has 3 rings (SSSR count). The molecule has 1 aliphatic carbocycles. The normalized spacial score (nSPS) is 19.0. The number of nitrogens with two attached hydrogens (primary N) is 1. The number of hydrogen-bond donors (Lipinski definition) is 1. The summed E-state index contributed by atoms with van der Waals surface area (Å²) in [5.41, 5.74) is 10.7. The largest absolute Gasteiger partial charge is 0.396 e. The molecule has 3 nitrogen and oxygen atoms in total. The number of fused-ring (bicyclic) bond motifs is 1. The number of benzene rings is 1. The highest BCUT2D eigenvalue weighted by Gasteiger charge is 2.22. The predicted molar refractivity (Wildman–Crippen MR) is 68.9 cm³/mol. The minimum atomic E-state index is 0.357. The molecular weight excluding hydrogens is 210 g/mol. The molecule has 88 valence electrons. The summed E-state index contributed by atoms with van der Waals surface area (Å²) < 4.78 is 2.01. The molecule has 0 saturated heterocycles. The van der Waals surface area contributed by atoms with E-state index in [1.165, 1.54) is 29.5 Å². The fourth-order valence-electron chi connectivity index (χ4n) is 2.69. The third-order valence-corrected chi connectivity index (χ3v) is 3.52. The van der Waals surface area contributed by atoms with E-state index < -0.39 is 0 Å². The zero-order valence-electron chi connectivity index (χ0n) is 10.1. The molecule has 0 saturated carbocycles. The molecule has 0 spiro atoms. The Bertz CT molecular complexity index is 542. The maximum atomic E-state index is 5.75. The van der Waals surface area contributed by atoms with Gasteiger partial charge in [-0.25, -0.2) is 0 Å². The molecular formula is C14H17N3. The van der Waals surface area contributed by atoms with Crippen molar-refractivity contribution in [2.75, 3.05) is 5.73 Å². The van der Waals surface area contributed by atoms with E-state index in [1.807, 2.05) is 10.9 Å². The smallest absolute Gasteiger partial charge is 0.0772 e. The Hall–Kier alpha value is -1.77. The summed E-state index contributed by atoms with van der Waals surface area (Å²) in [6, 6.07) is 7.09. The summed E-state index contributed by atoms with van der Waals surface area (Å²) in [5.74, 6) is 0. The average molecular weight is 227 g/mol. The first-order chi connectivity index (χ1) is 8.24. The topological polar surface area (TPSA) is 43.8 Å². The Balaban J connectivity index is 2.07. The molecule has 1 atom stereocenters. The second-order valence-electron chi connectivity index (χ2n) is 4.86. The van der Waals surface area contributed by atoms with E-state index in [0.29, 0.717) is 6.04 Å². The first-order valence-corrected chi connectivity index (χ1v) is 6.13. The minimum Gasteiger partial charge on any atom is -0.396 e. The molecule has 0 fully saturated rings. The van der Waals surface area contributed by atoms with Crippen molar-refractivity contribution >= 4 is 5.69 Å². The van der Waals surface area contributed by atoms with Gasteiger partial charge in [0.25, 0.3) is 0 Å². The number of aromatic nitrogens is 2. The van der Waals surface area contributed by atoms with Crippen LogP contribution >= 0.6 is 0 Å². The van der Waals surface area contributed by atoms with Crippen LogP contribution in [-0.2, 0) is 6.42 Å². The van der Waals surface area contributed by atoms with Gasteiger partial charge in [-0.15, -0.1) is 0 Å². The summed E-state index contributed by atoms with van der Waals surface area (Å²) in [7, 11) is 0. The fourth-order valence-corrected chi connectivity index (χ4v) is 2.69. The van der Waals surface area contributed by atoms with Crippen LogP contribution in [0.3, 0.4) is 0 Å². The first-order valence-electron chi connectivity index (χ1n) is 6.13. The monoisotopic (exact) mass is 227 g/mol. The van der Waals surface area contributed by atoms with E-state index >= 15 is 0 Å². The van der Waals surface area contributed by atoms with E-state index in [-0.39, 0.29) is 0 Å². The standard InChI is InChI=1S/C14H17N3/c1-10-5-6-11-3-2-4-14(13(11)7-10)17-9-12(15)8-16-17/h5-9,14H,2-4,15H2,1H3. The van der Waals surface area contributed by atoms with Gasteiger partial charge in [0.15, 0.2) is 0 Å². The van der Waals surface area contributed by atoms with Crippen molar-refractivity contribution in [2.45, 2.75) is 32.2 Å². The number of aryl methyl sites for hydroxylation is 2. The Morgan fingerprint density at radius 1 is 1.41 bits per heavy atom. The van der Waals surface area contributed by atoms with Crippen molar-refractivity contribution in [3.8, 4) is 0 Å². The summed E-state index contributed by atoms with van der Waals surface area (Å²) in [4.78, 5) is 0. The van der Waals surface area contributed by atoms with Gasteiger partial charge in [-0.1, -0.05) is 23.8 Å². The quantitative estimate of drug-likeness (QED) is 0.814. The molecule has 3 heteroatoms. The number of anilines is 1. The maximum absolute atomic E-state index is 5.75. The van der Waals surface area contributed by atoms with E-state index in [9.17, 15) is 0 Å². The number of rotatable bonds is 1. The molecule has 1 heterocycles.